The van der Waals surface area contributed by atoms with Gasteiger partial charge in [-0.25, -0.2) is 9.49 Å². The molecule has 0 radical (unpaired) electrons. The van der Waals surface area contributed by atoms with E-state index in [0.29, 0.717) is 42.6 Å². The summed E-state index contributed by atoms with van der Waals surface area (Å²) in [5.74, 6) is -1.04. The molecule has 2 aromatic carbocycles. The first-order valence-electron chi connectivity index (χ1n) is 12.7. The number of aliphatic hydroxyl groups excluding tert-OH is 1. The number of nitrogens with one attached hydrogen (secondary N) is 2. The third-order valence-corrected chi connectivity index (χ3v) is 6.98. The van der Waals surface area contributed by atoms with E-state index >= 15 is 0 Å². The molecule has 40 heavy (non-hydrogen) atoms. The molecule has 0 aliphatic carbocycles. The number of H-pyrrole nitrogens is 1. The number of methoxy groups -OCH3 is 1. The number of benzene rings is 2. The Labute approximate surface area is 227 Å². The van der Waals surface area contributed by atoms with Crippen LogP contribution in [-0.4, -0.2) is 68.6 Å². The Hall–Kier alpha value is -4.78. The summed E-state index contributed by atoms with van der Waals surface area (Å²) in [6, 6.07) is 10.6. The summed E-state index contributed by atoms with van der Waals surface area (Å²) in [4.78, 5) is 39.2. The maximum Gasteiger partial charge on any atom is 0.290 e. The number of hydrogen-bond acceptors (Lipinski definition) is 8. The van der Waals surface area contributed by atoms with Crippen LogP contribution in [0.2, 0.25) is 0 Å². The normalized spacial score (nSPS) is 15.3. The number of halogens is 1. The van der Waals surface area contributed by atoms with Crippen LogP contribution in [0.5, 0.6) is 5.75 Å². The van der Waals surface area contributed by atoms with Crippen molar-refractivity contribution in [2.75, 3.05) is 32.5 Å². The van der Waals surface area contributed by atoms with Crippen molar-refractivity contribution in [1.29, 1.82) is 0 Å². The highest BCUT2D eigenvalue weighted by atomic mass is 19.1. The summed E-state index contributed by atoms with van der Waals surface area (Å²) in [5, 5.41) is 23.5. The molecule has 0 bridgehead atoms. The van der Waals surface area contributed by atoms with E-state index in [1.807, 2.05) is 0 Å². The molecular formula is C27H28FN7O5. The van der Waals surface area contributed by atoms with Crippen molar-refractivity contribution in [2.24, 2.45) is 0 Å². The number of likely N-dealkylation sites (tertiary alicyclic amines) is 1. The van der Waals surface area contributed by atoms with E-state index in [4.69, 9.17) is 15.6 Å². The number of aromatic amines is 1. The van der Waals surface area contributed by atoms with Crippen molar-refractivity contribution in [3.05, 3.63) is 69.8 Å². The minimum absolute atomic E-state index is 0.0892. The van der Waals surface area contributed by atoms with Crippen molar-refractivity contribution < 1.29 is 23.8 Å². The number of nitrogens with zero attached hydrogens (tertiary/aromatic N) is 4. The van der Waals surface area contributed by atoms with Gasteiger partial charge in [-0.05, 0) is 36.6 Å². The first-order chi connectivity index (χ1) is 19.3. The number of hydrogen-bond donors (Lipinski definition) is 4. The summed E-state index contributed by atoms with van der Waals surface area (Å²) >= 11 is 0. The summed E-state index contributed by atoms with van der Waals surface area (Å²) in [5.41, 5.74) is 7.97. The molecular weight excluding hydrogens is 521 g/mol. The molecule has 1 saturated heterocycles. The quantitative estimate of drug-likeness (QED) is 0.270. The average molecular weight is 550 g/mol. The van der Waals surface area contributed by atoms with Crippen molar-refractivity contribution in [3.63, 3.8) is 0 Å². The second-order valence-corrected chi connectivity index (χ2v) is 9.47. The minimum atomic E-state index is -0.585. The van der Waals surface area contributed by atoms with Gasteiger partial charge in [-0.3, -0.25) is 19.1 Å². The van der Waals surface area contributed by atoms with Gasteiger partial charge in [0.15, 0.2) is 5.82 Å². The minimum Gasteiger partial charge on any atom is -0.496 e. The number of piperidine rings is 1. The zero-order chi connectivity index (χ0) is 28.4. The smallest absolute Gasteiger partial charge is 0.290 e. The van der Waals surface area contributed by atoms with E-state index in [2.05, 4.69) is 15.5 Å². The number of ether oxygens (including phenoxy) is 1. The number of fused-ring (bicyclic) bond motifs is 1. The Morgan fingerprint density at radius 2 is 2.02 bits per heavy atom. The van der Waals surface area contributed by atoms with E-state index in [0.717, 1.165) is 11.6 Å². The summed E-state index contributed by atoms with van der Waals surface area (Å²) < 4.78 is 20.4. The van der Waals surface area contributed by atoms with E-state index in [9.17, 15) is 23.9 Å². The highest BCUT2D eigenvalue weighted by molar-refractivity contribution is 6.00. The zero-order valence-electron chi connectivity index (χ0n) is 21.7. The molecule has 0 saturated carbocycles. The fourth-order valence-electron chi connectivity index (χ4n) is 4.98. The van der Waals surface area contributed by atoms with Gasteiger partial charge in [0.25, 0.3) is 11.5 Å². The van der Waals surface area contributed by atoms with Crippen LogP contribution < -0.4 is 21.3 Å². The standard InChI is InChI=1S/C27H28FN7O5/c1-40-20-9-8-17(28)11-19(20)26(38)30-12-15-4-6-16(7-5-15)23-22-24(27(39)32-31-25(22)29)35(33-23)18-3-2-10-34(13-18)21(37)14-36/h4-9,11,18,36H,2-3,10,12-14H2,1H3,(H2,29,31)(H,30,38)(H,32,39). The Bertz CT molecular complexity index is 1630. The predicted molar refractivity (Wildman–Crippen MR) is 144 cm³/mol. The van der Waals surface area contributed by atoms with Gasteiger partial charge in [0, 0.05) is 25.2 Å². The molecule has 1 aliphatic heterocycles. The van der Waals surface area contributed by atoms with Crippen LogP contribution in [0.25, 0.3) is 22.2 Å². The fraction of sp³-hybridized carbons (Fsp3) is 0.296. The molecule has 3 heterocycles. The van der Waals surface area contributed by atoms with Gasteiger partial charge in [-0.15, -0.1) is 0 Å². The monoisotopic (exact) mass is 549 g/mol. The van der Waals surface area contributed by atoms with Gasteiger partial charge < -0.3 is 25.8 Å². The number of nitrogens with two attached hydrogens (primary N) is 1. The Balaban J connectivity index is 1.42. The lowest BCUT2D eigenvalue weighted by atomic mass is 10.1. The number of rotatable bonds is 7. The maximum absolute atomic E-state index is 13.7. The van der Waals surface area contributed by atoms with Crippen LogP contribution in [0.3, 0.4) is 0 Å². The van der Waals surface area contributed by atoms with Crippen molar-refractivity contribution >= 4 is 28.5 Å². The molecule has 5 rings (SSSR count). The average Bonchev–Trinajstić information content (AvgIpc) is 3.40. The third kappa shape index (κ3) is 5.10. The van der Waals surface area contributed by atoms with Crippen LogP contribution in [0.15, 0.2) is 47.3 Å². The molecule has 12 nitrogen and oxygen atoms in total. The van der Waals surface area contributed by atoms with Crippen molar-refractivity contribution in [3.8, 4) is 17.0 Å². The highest BCUT2D eigenvalue weighted by Gasteiger charge is 2.29. The molecule has 1 fully saturated rings. The number of aromatic nitrogens is 4. The number of amides is 2. The van der Waals surface area contributed by atoms with Gasteiger partial charge in [-0.2, -0.15) is 10.2 Å². The third-order valence-electron chi connectivity index (χ3n) is 6.98. The topological polar surface area (TPSA) is 168 Å². The molecule has 0 spiro atoms. The molecule has 1 atom stereocenters. The van der Waals surface area contributed by atoms with E-state index in [1.165, 1.54) is 19.2 Å². The Morgan fingerprint density at radius 1 is 1.25 bits per heavy atom. The first kappa shape index (κ1) is 26.8. The lowest BCUT2D eigenvalue weighted by molar-refractivity contribution is -0.135. The Morgan fingerprint density at radius 3 is 2.75 bits per heavy atom. The molecule has 5 N–H and O–H groups in total. The van der Waals surface area contributed by atoms with Crippen LogP contribution in [0, 0.1) is 5.82 Å². The SMILES string of the molecule is COc1ccc(F)cc1C(=O)NCc1ccc(-c2nn(C3CCCN(C(=O)CO)C3)c3c(=O)[nH]nc(N)c23)cc1. The van der Waals surface area contributed by atoms with Crippen LogP contribution in [0.4, 0.5) is 10.2 Å². The second-order valence-electron chi connectivity index (χ2n) is 9.47. The van der Waals surface area contributed by atoms with E-state index in [1.54, 1.807) is 33.8 Å². The molecule has 2 aromatic heterocycles. The van der Waals surface area contributed by atoms with Gasteiger partial charge in [0.05, 0.1) is 24.1 Å². The number of nitrogen functional groups attached to an aromatic ring is 1. The molecule has 208 valence electrons. The summed E-state index contributed by atoms with van der Waals surface area (Å²) in [6.45, 7) is 0.407. The molecule has 1 unspecified atom stereocenters. The Kier molecular flexibility index (Phi) is 7.47. The highest BCUT2D eigenvalue weighted by Crippen LogP contribution is 2.33. The summed E-state index contributed by atoms with van der Waals surface area (Å²) in [6.07, 6.45) is 1.37. The van der Waals surface area contributed by atoms with Crippen molar-refractivity contribution in [2.45, 2.75) is 25.4 Å². The predicted octanol–water partition coefficient (Wildman–Crippen LogP) is 1.60. The van der Waals surface area contributed by atoms with Crippen LogP contribution in [-0.2, 0) is 11.3 Å². The van der Waals surface area contributed by atoms with E-state index < -0.39 is 23.9 Å². The lowest BCUT2D eigenvalue weighted by Crippen LogP contribution is -2.42. The molecule has 2 amide bonds. The number of aliphatic hydroxyl groups is 1. The molecule has 4 aromatic rings. The second kappa shape index (κ2) is 11.1. The lowest BCUT2D eigenvalue weighted by Gasteiger charge is -2.32. The van der Waals surface area contributed by atoms with Crippen LogP contribution in [0.1, 0.15) is 34.8 Å². The first-order valence-corrected chi connectivity index (χ1v) is 12.7. The number of anilines is 1. The van der Waals surface area contributed by atoms with Crippen molar-refractivity contribution in [1.82, 2.24) is 30.2 Å². The van der Waals surface area contributed by atoms with Gasteiger partial charge >= 0.3 is 0 Å². The number of carbonyl (C=O) groups is 2. The zero-order valence-corrected chi connectivity index (χ0v) is 21.7. The summed E-state index contributed by atoms with van der Waals surface area (Å²) in [7, 11) is 1.41. The molecule has 1 aliphatic rings. The largest absolute Gasteiger partial charge is 0.496 e. The van der Waals surface area contributed by atoms with Gasteiger partial charge in [0.2, 0.25) is 5.91 Å². The number of carbonyl (C=O) groups excluding carboxylic acids is 2. The van der Waals surface area contributed by atoms with Gasteiger partial charge in [0.1, 0.15) is 29.4 Å². The molecule has 13 heteroatoms. The van der Waals surface area contributed by atoms with Gasteiger partial charge in [-0.1, -0.05) is 24.3 Å². The maximum atomic E-state index is 13.7. The van der Waals surface area contributed by atoms with E-state index in [-0.39, 0.29) is 41.1 Å². The van der Waals surface area contributed by atoms with Crippen LogP contribution >= 0.6 is 0 Å². The fourth-order valence-corrected chi connectivity index (χ4v) is 4.98.